The molecule has 1 N–H and O–H groups in total. The zero-order chi connectivity index (χ0) is 10.7. The van der Waals surface area contributed by atoms with Crippen LogP contribution in [0.15, 0.2) is 4.52 Å². The van der Waals surface area contributed by atoms with Crippen LogP contribution in [-0.2, 0) is 11.3 Å². The van der Waals surface area contributed by atoms with Gasteiger partial charge in [0.25, 0.3) is 5.89 Å². The second kappa shape index (κ2) is 4.72. The Balaban J connectivity index is 1.64. The SMILES string of the molecule is CNCC1CC(OCc2nc(C)no2)C1. The first-order valence-electron chi connectivity index (χ1n) is 5.33. The van der Waals surface area contributed by atoms with Crippen molar-refractivity contribution < 1.29 is 9.26 Å². The summed E-state index contributed by atoms with van der Waals surface area (Å²) in [6.07, 6.45) is 2.64. The molecule has 1 fully saturated rings. The maximum Gasteiger partial charge on any atom is 0.252 e. The van der Waals surface area contributed by atoms with E-state index in [-0.39, 0.29) is 0 Å². The minimum absolute atomic E-state index is 0.371. The smallest absolute Gasteiger partial charge is 0.252 e. The van der Waals surface area contributed by atoms with Crippen LogP contribution in [-0.4, -0.2) is 29.8 Å². The monoisotopic (exact) mass is 211 g/mol. The first-order chi connectivity index (χ1) is 7.28. The third-order valence-electron chi connectivity index (χ3n) is 2.70. The molecule has 0 radical (unpaired) electrons. The zero-order valence-electron chi connectivity index (χ0n) is 9.19. The van der Waals surface area contributed by atoms with Crippen molar-refractivity contribution in [1.82, 2.24) is 15.5 Å². The summed E-state index contributed by atoms with van der Waals surface area (Å²) in [4.78, 5) is 4.08. The molecule has 0 amide bonds. The lowest BCUT2D eigenvalue weighted by Gasteiger charge is -2.34. The number of rotatable bonds is 5. The van der Waals surface area contributed by atoms with Crippen LogP contribution in [0, 0.1) is 12.8 Å². The second-order valence-electron chi connectivity index (χ2n) is 4.06. The molecule has 0 atom stereocenters. The highest BCUT2D eigenvalue weighted by Gasteiger charge is 2.29. The Bertz CT molecular complexity index is 307. The molecule has 0 unspecified atom stereocenters. The molecule has 84 valence electrons. The van der Waals surface area contributed by atoms with Gasteiger partial charge in [0.15, 0.2) is 5.82 Å². The van der Waals surface area contributed by atoms with Crippen molar-refractivity contribution in [3.8, 4) is 0 Å². The summed E-state index contributed by atoms with van der Waals surface area (Å²) in [6.45, 7) is 3.33. The highest BCUT2D eigenvalue weighted by Crippen LogP contribution is 2.29. The zero-order valence-corrected chi connectivity index (χ0v) is 9.19. The molecule has 0 aromatic carbocycles. The van der Waals surface area contributed by atoms with Gasteiger partial charge in [-0.15, -0.1) is 0 Å². The number of hydrogen-bond donors (Lipinski definition) is 1. The number of aromatic nitrogens is 2. The average molecular weight is 211 g/mol. The van der Waals surface area contributed by atoms with Crippen LogP contribution in [0.3, 0.4) is 0 Å². The van der Waals surface area contributed by atoms with Crippen molar-refractivity contribution in [3.63, 3.8) is 0 Å². The van der Waals surface area contributed by atoms with Crippen molar-refractivity contribution in [2.75, 3.05) is 13.6 Å². The molecule has 1 saturated carbocycles. The van der Waals surface area contributed by atoms with Gasteiger partial charge in [0.2, 0.25) is 0 Å². The van der Waals surface area contributed by atoms with Crippen molar-refractivity contribution in [2.45, 2.75) is 32.5 Å². The van der Waals surface area contributed by atoms with E-state index in [0.717, 1.165) is 25.3 Å². The van der Waals surface area contributed by atoms with Crippen LogP contribution >= 0.6 is 0 Å². The standard InChI is InChI=1S/C10H17N3O2/c1-7-12-10(15-13-7)6-14-9-3-8(4-9)5-11-2/h8-9,11H,3-6H2,1-2H3. The molecule has 0 spiro atoms. The van der Waals surface area contributed by atoms with E-state index in [0.29, 0.717) is 24.4 Å². The van der Waals surface area contributed by atoms with E-state index in [1.807, 2.05) is 7.05 Å². The second-order valence-corrected chi connectivity index (χ2v) is 4.06. The molecule has 15 heavy (non-hydrogen) atoms. The first kappa shape index (κ1) is 10.6. The lowest BCUT2D eigenvalue weighted by Crippen LogP contribution is -2.36. The van der Waals surface area contributed by atoms with Crippen LogP contribution in [0.1, 0.15) is 24.6 Å². The molecule has 1 heterocycles. The average Bonchev–Trinajstić information content (AvgIpc) is 2.55. The van der Waals surface area contributed by atoms with E-state index >= 15 is 0 Å². The van der Waals surface area contributed by atoms with Crippen LogP contribution in [0.2, 0.25) is 0 Å². The summed E-state index contributed by atoms with van der Waals surface area (Å²) in [6, 6.07) is 0. The van der Waals surface area contributed by atoms with Crippen molar-refractivity contribution in [3.05, 3.63) is 11.7 Å². The molecule has 1 aromatic heterocycles. The highest BCUT2D eigenvalue weighted by molar-refractivity contribution is 4.84. The summed E-state index contributed by atoms with van der Waals surface area (Å²) in [5.41, 5.74) is 0. The Morgan fingerprint density at radius 1 is 1.53 bits per heavy atom. The fourth-order valence-electron chi connectivity index (χ4n) is 1.85. The van der Waals surface area contributed by atoms with Gasteiger partial charge in [-0.25, -0.2) is 0 Å². The van der Waals surface area contributed by atoms with Crippen LogP contribution in [0.4, 0.5) is 0 Å². The number of nitrogens with zero attached hydrogens (tertiary/aromatic N) is 2. The molecular formula is C10H17N3O2. The Kier molecular flexibility index (Phi) is 3.33. The predicted molar refractivity (Wildman–Crippen MR) is 54.3 cm³/mol. The molecule has 0 bridgehead atoms. The van der Waals surface area contributed by atoms with Gasteiger partial charge in [0.05, 0.1) is 6.10 Å². The van der Waals surface area contributed by atoms with E-state index in [1.54, 1.807) is 6.92 Å². The summed E-state index contributed by atoms with van der Waals surface area (Å²) in [5.74, 6) is 2.00. The van der Waals surface area contributed by atoms with Crippen LogP contribution < -0.4 is 5.32 Å². The fourth-order valence-corrected chi connectivity index (χ4v) is 1.85. The Morgan fingerprint density at radius 3 is 2.93 bits per heavy atom. The van der Waals surface area contributed by atoms with E-state index in [2.05, 4.69) is 15.5 Å². The molecular weight excluding hydrogens is 194 g/mol. The third-order valence-corrected chi connectivity index (χ3v) is 2.70. The largest absolute Gasteiger partial charge is 0.368 e. The lowest BCUT2D eigenvalue weighted by molar-refractivity contribution is -0.0473. The predicted octanol–water partition coefficient (Wildman–Crippen LogP) is 0.893. The van der Waals surface area contributed by atoms with Gasteiger partial charge in [-0.1, -0.05) is 5.16 Å². The summed E-state index contributed by atoms with van der Waals surface area (Å²) < 4.78 is 10.6. The van der Waals surface area contributed by atoms with Gasteiger partial charge in [0.1, 0.15) is 6.61 Å². The molecule has 5 nitrogen and oxygen atoms in total. The van der Waals surface area contributed by atoms with Crippen LogP contribution in [0.25, 0.3) is 0 Å². The van der Waals surface area contributed by atoms with E-state index in [9.17, 15) is 0 Å². The molecule has 0 aliphatic heterocycles. The van der Waals surface area contributed by atoms with Gasteiger partial charge in [-0.2, -0.15) is 4.98 Å². The van der Waals surface area contributed by atoms with E-state index < -0.39 is 0 Å². The van der Waals surface area contributed by atoms with Crippen molar-refractivity contribution in [2.24, 2.45) is 5.92 Å². The third kappa shape index (κ3) is 2.76. The quantitative estimate of drug-likeness (QED) is 0.783. The Labute approximate surface area is 89.2 Å². The van der Waals surface area contributed by atoms with E-state index in [1.165, 1.54) is 0 Å². The minimum Gasteiger partial charge on any atom is -0.368 e. The molecule has 1 aliphatic rings. The molecule has 0 saturated heterocycles. The maximum absolute atomic E-state index is 5.63. The molecule has 5 heteroatoms. The van der Waals surface area contributed by atoms with Crippen molar-refractivity contribution in [1.29, 1.82) is 0 Å². The van der Waals surface area contributed by atoms with Gasteiger partial charge < -0.3 is 14.6 Å². The topological polar surface area (TPSA) is 60.2 Å². The molecule has 1 aromatic rings. The number of nitrogens with one attached hydrogen (secondary N) is 1. The minimum atomic E-state index is 0.371. The number of hydrogen-bond acceptors (Lipinski definition) is 5. The fraction of sp³-hybridized carbons (Fsp3) is 0.800. The summed E-state index contributed by atoms with van der Waals surface area (Å²) in [5, 5.41) is 6.88. The maximum atomic E-state index is 5.63. The van der Waals surface area contributed by atoms with Gasteiger partial charge >= 0.3 is 0 Å². The number of ether oxygens (including phenoxy) is 1. The normalized spacial score (nSPS) is 25.2. The van der Waals surface area contributed by atoms with Crippen LogP contribution in [0.5, 0.6) is 0 Å². The summed E-state index contributed by atoms with van der Waals surface area (Å²) >= 11 is 0. The van der Waals surface area contributed by atoms with Crippen molar-refractivity contribution >= 4 is 0 Å². The lowest BCUT2D eigenvalue weighted by atomic mass is 9.82. The van der Waals surface area contributed by atoms with Gasteiger partial charge in [-0.05, 0) is 39.3 Å². The molecule has 2 rings (SSSR count). The summed E-state index contributed by atoms with van der Waals surface area (Å²) in [7, 11) is 1.98. The molecule has 1 aliphatic carbocycles. The Morgan fingerprint density at radius 2 is 2.33 bits per heavy atom. The first-order valence-corrected chi connectivity index (χ1v) is 5.33. The highest BCUT2D eigenvalue weighted by atomic mass is 16.5. The van der Waals surface area contributed by atoms with Gasteiger partial charge in [0, 0.05) is 0 Å². The van der Waals surface area contributed by atoms with Gasteiger partial charge in [-0.3, -0.25) is 0 Å². The number of aryl methyl sites for hydroxylation is 1. The van der Waals surface area contributed by atoms with E-state index in [4.69, 9.17) is 9.26 Å². The Hall–Kier alpha value is -0.940.